The SMILES string of the molecule is Cc1oc(=O)[nH]c1N(Cc1ccc(Cl)nc1)C1CC1. The van der Waals surface area contributed by atoms with Crippen LogP contribution in [0.2, 0.25) is 5.15 Å². The predicted molar refractivity (Wildman–Crippen MR) is 72.5 cm³/mol. The summed E-state index contributed by atoms with van der Waals surface area (Å²) in [5.74, 6) is 0.980. The Hall–Kier alpha value is -1.75. The number of nitrogens with one attached hydrogen (secondary N) is 1. The number of aromatic amines is 1. The molecule has 19 heavy (non-hydrogen) atoms. The fraction of sp³-hybridized carbons (Fsp3) is 0.385. The van der Waals surface area contributed by atoms with E-state index in [0.717, 1.165) is 24.2 Å². The van der Waals surface area contributed by atoms with E-state index in [-0.39, 0.29) is 0 Å². The molecule has 0 radical (unpaired) electrons. The van der Waals surface area contributed by atoms with Crippen molar-refractivity contribution < 1.29 is 4.42 Å². The number of halogens is 1. The summed E-state index contributed by atoms with van der Waals surface area (Å²) in [7, 11) is 0. The number of aryl methyl sites for hydroxylation is 1. The van der Waals surface area contributed by atoms with Gasteiger partial charge >= 0.3 is 5.76 Å². The highest BCUT2D eigenvalue weighted by molar-refractivity contribution is 6.29. The third-order valence-corrected chi connectivity index (χ3v) is 3.44. The molecule has 2 aromatic rings. The summed E-state index contributed by atoms with van der Waals surface area (Å²) >= 11 is 5.78. The first-order valence-corrected chi connectivity index (χ1v) is 6.58. The van der Waals surface area contributed by atoms with E-state index in [1.807, 2.05) is 6.07 Å². The number of hydrogen-bond acceptors (Lipinski definition) is 4. The number of H-pyrrole nitrogens is 1. The number of oxazole rings is 1. The molecule has 100 valence electrons. The van der Waals surface area contributed by atoms with Crippen LogP contribution >= 0.6 is 11.6 Å². The van der Waals surface area contributed by atoms with Gasteiger partial charge in [0.2, 0.25) is 0 Å². The zero-order chi connectivity index (χ0) is 13.4. The Labute approximate surface area is 115 Å². The molecule has 1 aliphatic carbocycles. The first-order chi connectivity index (χ1) is 9.13. The highest BCUT2D eigenvalue weighted by Crippen LogP contribution is 2.33. The molecule has 0 unspecified atom stereocenters. The lowest BCUT2D eigenvalue weighted by Gasteiger charge is -2.22. The van der Waals surface area contributed by atoms with Crippen LogP contribution in [0.4, 0.5) is 5.82 Å². The van der Waals surface area contributed by atoms with Gasteiger partial charge in [0, 0.05) is 18.8 Å². The van der Waals surface area contributed by atoms with Crippen LogP contribution in [-0.2, 0) is 6.54 Å². The normalized spacial score (nSPS) is 14.6. The minimum absolute atomic E-state index is 0.410. The van der Waals surface area contributed by atoms with Crippen molar-refractivity contribution in [2.24, 2.45) is 0 Å². The van der Waals surface area contributed by atoms with Gasteiger partial charge in [-0.05, 0) is 31.4 Å². The molecule has 0 spiro atoms. The lowest BCUT2D eigenvalue weighted by atomic mass is 10.2. The molecular weight excluding hydrogens is 266 g/mol. The Morgan fingerprint density at radius 1 is 1.53 bits per heavy atom. The number of anilines is 1. The third kappa shape index (κ3) is 2.66. The summed E-state index contributed by atoms with van der Waals surface area (Å²) in [4.78, 5) is 20.3. The molecule has 2 aromatic heterocycles. The van der Waals surface area contributed by atoms with E-state index in [1.54, 1.807) is 19.2 Å². The van der Waals surface area contributed by atoms with Crippen molar-refractivity contribution in [2.45, 2.75) is 32.4 Å². The lowest BCUT2D eigenvalue weighted by molar-refractivity contribution is 0.487. The molecule has 0 saturated heterocycles. The van der Waals surface area contributed by atoms with E-state index >= 15 is 0 Å². The van der Waals surface area contributed by atoms with Gasteiger partial charge in [0.05, 0.1) is 0 Å². The molecule has 0 bridgehead atoms. The van der Waals surface area contributed by atoms with Gasteiger partial charge in [-0.3, -0.25) is 4.98 Å². The summed E-state index contributed by atoms with van der Waals surface area (Å²) in [5, 5.41) is 0.481. The molecule has 1 saturated carbocycles. The second kappa shape index (κ2) is 4.74. The van der Waals surface area contributed by atoms with Crippen LogP contribution < -0.4 is 10.7 Å². The molecule has 0 aromatic carbocycles. The average Bonchev–Trinajstić information content (AvgIpc) is 3.15. The quantitative estimate of drug-likeness (QED) is 0.874. The Balaban J connectivity index is 1.87. The summed E-state index contributed by atoms with van der Waals surface area (Å²) in [6.45, 7) is 2.48. The van der Waals surface area contributed by atoms with E-state index in [1.165, 1.54) is 0 Å². The number of aromatic nitrogens is 2. The third-order valence-electron chi connectivity index (χ3n) is 3.22. The number of pyridine rings is 1. The van der Waals surface area contributed by atoms with E-state index in [9.17, 15) is 4.79 Å². The second-order valence-electron chi connectivity index (χ2n) is 4.77. The van der Waals surface area contributed by atoms with E-state index in [2.05, 4.69) is 14.9 Å². The summed E-state index contributed by atoms with van der Waals surface area (Å²) in [6.07, 6.45) is 4.02. The Morgan fingerprint density at radius 2 is 2.32 bits per heavy atom. The number of rotatable bonds is 4. The van der Waals surface area contributed by atoms with Crippen LogP contribution in [0.15, 0.2) is 27.5 Å². The van der Waals surface area contributed by atoms with Gasteiger partial charge in [-0.2, -0.15) is 0 Å². The molecule has 3 rings (SSSR count). The Bertz CT molecular complexity index is 628. The van der Waals surface area contributed by atoms with Gasteiger partial charge in [0.1, 0.15) is 10.9 Å². The lowest BCUT2D eigenvalue weighted by Crippen LogP contribution is -2.26. The molecule has 1 fully saturated rings. The predicted octanol–water partition coefficient (Wildman–Crippen LogP) is 2.49. The van der Waals surface area contributed by atoms with Crippen LogP contribution in [0.1, 0.15) is 24.2 Å². The fourth-order valence-corrected chi connectivity index (χ4v) is 2.26. The van der Waals surface area contributed by atoms with Crippen molar-refractivity contribution >= 4 is 17.4 Å². The maximum atomic E-state index is 11.3. The summed E-state index contributed by atoms with van der Waals surface area (Å²) in [5.41, 5.74) is 1.05. The first-order valence-electron chi connectivity index (χ1n) is 6.20. The Kier molecular flexibility index (Phi) is 3.06. The van der Waals surface area contributed by atoms with Gasteiger partial charge < -0.3 is 9.32 Å². The number of nitrogens with zero attached hydrogens (tertiary/aromatic N) is 2. The standard InChI is InChI=1S/C13H14ClN3O2/c1-8-12(16-13(18)19-8)17(10-3-4-10)7-9-2-5-11(14)15-6-9/h2,5-6,10H,3-4,7H2,1H3,(H,16,18). The molecule has 5 nitrogen and oxygen atoms in total. The zero-order valence-electron chi connectivity index (χ0n) is 10.5. The van der Waals surface area contributed by atoms with Crippen LogP contribution in [0.5, 0.6) is 0 Å². The molecular formula is C13H14ClN3O2. The molecule has 1 N–H and O–H groups in total. The van der Waals surface area contributed by atoms with Gasteiger partial charge in [0.15, 0.2) is 5.82 Å². The largest absolute Gasteiger partial charge is 0.418 e. The maximum absolute atomic E-state index is 11.3. The van der Waals surface area contributed by atoms with E-state index in [0.29, 0.717) is 23.5 Å². The Morgan fingerprint density at radius 3 is 2.84 bits per heavy atom. The van der Waals surface area contributed by atoms with E-state index in [4.69, 9.17) is 16.0 Å². The van der Waals surface area contributed by atoms with Gasteiger partial charge in [-0.25, -0.2) is 9.78 Å². The molecule has 0 atom stereocenters. The fourth-order valence-electron chi connectivity index (χ4n) is 2.15. The van der Waals surface area contributed by atoms with Crippen LogP contribution in [0, 0.1) is 6.92 Å². The van der Waals surface area contributed by atoms with E-state index < -0.39 is 5.76 Å². The minimum atomic E-state index is -0.410. The minimum Gasteiger partial charge on any atom is -0.411 e. The highest BCUT2D eigenvalue weighted by atomic mass is 35.5. The monoisotopic (exact) mass is 279 g/mol. The van der Waals surface area contributed by atoms with Crippen molar-refractivity contribution in [1.29, 1.82) is 0 Å². The van der Waals surface area contributed by atoms with Gasteiger partial charge in [-0.1, -0.05) is 17.7 Å². The van der Waals surface area contributed by atoms with Gasteiger partial charge in [0.25, 0.3) is 0 Å². The van der Waals surface area contributed by atoms with Crippen molar-refractivity contribution in [3.8, 4) is 0 Å². The molecule has 0 aliphatic heterocycles. The first kappa shape index (κ1) is 12.3. The highest BCUT2D eigenvalue weighted by Gasteiger charge is 2.31. The van der Waals surface area contributed by atoms with Crippen LogP contribution in [-0.4, -0.2) is 16.0 Å². The number of hydrogen-bond donors (Lipinski definition) is 1. The molecule has 2 heterocycles. The maximum Gasteiger partial charge on any atom is 0.418 e. The van der Waals surface area contributed by atoms with Crippen molar-refractivity contribution in [3.63, 3.8) is 0 Å². The van der Waals surface area contributed by atoms with Crippen molar-refractivity contribution in [2.75, 3.05) is 4.90 Å². The van der Waals surface area contributed by atoms with Crippen molar-refractivity contribution in [3.05, 3.63) is 45.4 Å². The molecule has 6 heteroatoms. The van der Waals surface area contributed by atoms with Crippen LogP contribution in [0.3, 0.4) is 0 Å². The van der Waals surface area contributed by atoms with Crippen molar-refractivity contribution in [1.82, 2.24) is 9.97 Å². The topological polar surface area (TPSA) is 62.1 Å². The molecule has 1 aliphatic rings. The van der Waals surface area contributed by atoms with Crippen LogP contribution in [0.25, 0.3) is 0 Å². The summed E-state index contributed by atoms with van der Waals surface area (Å²) in [6, 6.07) is 4.17. The average molecular weight is 280 g/mol. The smallest absolute Gasteiger partial charge is 0.411 e. The second-order valence-corrected chi connectivity index (χ2v) is 5.15. The van der Waals surface area contributed by atoms with Gasteiger partial charge in [-0.15, -0.1) is 0 Å². The zero-order valence-corrected chi connectivity index (χ0v) is 11.3. The molecule has 0 amide bonds. The summed E-state index contributed by atoms with van der Waals surface area (Å²) < 4.78 is 5.04.